The van der Waals surface area contributed by atoms with Crippen molar-refractivity contribution in [2.24, 2.45) is 0 Å². The van der Waals surface area contributed by atoms with E-state index in [0.717, 1.165) is 11.0 Å². The lowest BCUT2D eigenvalue weighted by atomic mass is 10.2. The minimum atomic E-state index is -4.32. The van der Waals surface area contributed by atoms with Gasteiger partial charge in [-0.2, -0.15) is 13.2 Å². The molecule has 0 aromatic heterocycles. The summed E-state index contributed by atoms with van der Waals surface area (Å²) in [5.74, 6) is -0.548. The second-order valence-corrected chi connectivity index (χ2v) is 5.46. The fourth-order valence-electron chi connectivity index (χ4n) is 1.79. The molecule has 1 aromatic rings. The molecule has 1 aliphatic carbocycles. The van der Waals surface area contributed by atoms with Gasteiger partial charge in [-0.3, -0.25) is 0 Å². The Bertz CT molecular complexity index is 457. The average molecular weight is 374 g/mol. The van der Waals surface area contributed by atoms with Crippen LogP contribution in [0.1, 0.15) is 12.8 Å². The minimum absolute atomic E-state index is 0.132. The van der Waals surface area contributed by atoms with Crippen molar-refractivity contribution in [2.75, 3.05) is 17.2 Å². The topological polar surface area (TPSA) is 29.3 Å². The van der Waals surface area contributed by atoms with E-state index >= 15 is 0 Å². The van der Waals surface area contributed by atoms with Crippen LogP contribution in [0.3, 0.4) is 0 Å². The molecule has 0 amide bonds. The predicted molar refractivity (Wildman–Crippen MR) is 70.0 cm³/mol. The first-order valence-electron chi connectivity index (χ1n) is 5.36. The molecule has 7 heteroatoms. The standard InChI is InChI=1S/C11H11F4IN2/c12-7-3-10(9(17)4-8(7)16)18(6-1-2-6)5-11(13,14)15/h3-4,6H,1-2,5,17H2. The summed E-state index contributed by atoms with van der Waals surface area (Å²) in [5, 5.41) is 0. The molecule has 0 atom stereocenters. The van der Waals surface area contributed by atoms with Crippen LogP contribution in [0.5, 0.6) is 0 Å². The molecule has 100 valence electrons. The maximum Gasteiger partial charge on any atom is 0.405 e. The van der Waals surface area contributed by atoms with Crippen LogP contribution in [0, 0.1) is 9.39 Å². The number of hydrogen-bond donors (Lipinski definition) is 1. The van der Waals surface area contributed by atoms with Crippen molar-refractivity contribution in [3.05, 3.63) is 21.5 Å². The third kappa shape index (κ3) is 3.18. The summed E-state index contributed by atoms with van der Waals surface area (Å²) >= 11 is 1.76. The largest absolute Gasteiger partial charge is 0.405 e. The van der Waals surface area contributed by atoms with E-state index in [0.29, 0.717) is 16.4 Å². The molecule has 1 fully saturated rings. The normalized spacial score (nSPS) is 15.8. The van der Waals surface area contributed by atoms with Gasteiger partial charge in [0.05, 0.1) is 14.9 Å². The van der Waals surface area contributed by atoms with Crippen LogP contribution in [0.4, 0.5) is 28.9 Å². The number of anilines is 2. The quantitative estimate of drug-likeness (QED) is 0.498. The highest BCUT2D eigenvalue weighted by atomic mass is 127. The van der Waals surface area contributed by atoms with Gasteiger partial charge in [-0.15, -0.1) is 0 Å². The highest BCUT2D eigenvalue weighted by Crippen LogP contribution is 2.38. The summed E-state index contributed by atoms with van der Waals surface area (Å²) in [7, 11) is 0. The van der Waals surface area contributed by atoms with Gasteiger partial charge in [0, 0.05) is 12.1 Å². The number of nitrogens with two attached hydrogens (primary N) is 1. The lowest BCUT2D eigenvalue weighted by Crippen LogP contribution is -2.36. The molecule has 0 unspecified atom stereocenters. The Labute approximate surface area is 115 Å². The number of nitrogens with zero attached hydrogens (tertiary/aromatic N) is 1. The molecule has 0 spiro atoms. The van der Waals surface area contributed by atoms with Gasteiger partial charge in [0.25, 0.3) is 0 Å². The minimum Gasteiger partial charge on any atom is -0.397 e. The highest BCUT2D eigenvalue weighted by Gasteiger charge is 2.39. The molecule has 0 heterocycles. The van der Waals surface area contributed by atoms with Gasteiger partial charge in [0.2, 0.25) is 0 Å². The third-order valence-electron chi connectivity index (χ3n) is 2.72. The van der Waals surface area contributed by atoms with E-state index in [1.165, 1.54) is 6.07 Å². The molecule has 0 aliphatic heterocycles. The van der Waals surface area contributed by atoms with E-state index in [4.69, 9.17) is 5.73 Å². The molecule has 1 saturated carbocycles. The van der Waals surface area contributed by atoms with Gasteiger partial charge in [0.15, 0.2) is 0 Å². The smallest absolute Gasteiger partial charge is 0.397 e. The zero-order chi connectivity index (χ0) is 13.5. The molecule has 1 aliphatic rings. The molecule has 2 nitrogen and oxygen atoms in total. The molecule has 1 aromatic carbocycles. The van der Waals surface area contributed by atoms with Crippen molar-refractivity contribution >= 4 is 34.0 Å². The molecule has 2 N–H and O–H groups in total. The molecular weight excluding hydrogens is 363 g/mol. The van der Waals surface area contributed by atoms with Crippen LogP contribution in [0.2, 0.25) is 0 Å². The first kappa shape index (κ1) is 13.7. The Hall–Kier alpha value is -0.730. The van der Waals surface area contributed by atoms with Crippen LogP contribution < -0.4 is 10.6 Å². The van der Waals surface area contributed by atoms with Crippen LogP contribution in [-0.4, -0.2) is 18.8 Å². The van der Waals surface area contributed by atoms with E-state index in [2.05, 4.69) is 0 Å². The zero-order valence-corrected chi connectivity index (χ0v) is 11.4. The number of hydrogen-bond acceptors (Lipinski definition) is 2. The van der Waals surface area contributed by atoms with Crippen molar-refractivity contribution in [3.63, 3.8) is 0 Å². The summed E-state index contributed by atoms with van der Waals surface area (Å²) < 4.78 is 51.3. The second-order valence-electron chi connectivity index (χ2n) is 4.30. The summed E-state index contributed by atoms with van der Waals surface area (Å²) in [6, 6.07) is 2.26. The Balaban J connectivity index is 2.34. The van der Waals surface area contributed by atoms with E-state index in [-0.39, 0.29) is 17.4 Å². The number of rotatable bonds is 3. The van der Waals surface area contributed by atoms with Gasteiger partial charge in [-0.1, -0.05) is 0 Å². The van der Waals surface area contributed by atoms with E-state index in [9.17, 15) is 17.6 Å². The van der Waals surface area contributed by atoms with Crippen molar-refractivity contribution < 1.29 is 17.6 Å². The first-order chi connectivity index (χ1) is 8.28. The van der Waals surface area contributed by atoms with Gasteiger partial charge >= 0.3 is 6.18 Å². The summed E-state index contributed by atoms with van der Waals surface area (Å²) in [6.07, 6.45) is -2.96. The molecule has 0 radical (unpaired) electrons. The van der Waals surface area contributed by atoms with Crippen molar-refractivity contribution in [2.45, 2.75) is 25.1 Å². The maximum absolute atomic E-state index is 13.5. The highest BCUT2D eigenvalue weighted by molar-refractivity contribution is 14.1. The number of benzene rings is 1. The monoisotopic (exact) mass is 374 g/mol. The molecule has 2 rings (SSSR count). The van der Waals surface area contributed by atoms with Crippen LogP contribution >= 0.6 is 22.6 Å². The fourth-order valence-corrected chi connectivity index (χ4v) is 2.28. The molecular formula is C11H11F4IN2. The Morgan fingerprint density at radius 2 is 1.94 bits per heavy atom. The zero-order valence-electron chi connectivity index (χ0n) is 9.27. The molecule has 0 saturated heterocycles. The van der Waals surface area contributed by atoms with Gasteiger partial charge in [0.1, 0.15) is 12.4 Å². The first-order valence-corrected chi connectivity index (χ1v) is 6.44. The van der Waals surface area contributed by atoms with Crippen LogP contribution in [0.25, 0.3) is 0 Å². The average Bonchev–Trinajstić information content (AvgIpc) is 3.02. The lowest BCUT2D eigenvalue weighted by molar-refractivity contribution is -0.119. The summed E-state index contributed by atoms with van der Waals surface area (Å²) in [5.41, 5.74) is 6.01. The number of alkyl halides is 3. The third-order valence-corrected chi connectivity index (χ3v) is 3.54. The van der Waals surface area contributed by atoms with Crippen molar-refractivity contribution in [3.8, 4) is 0 Å². The number of halogens is 5. The summed E-state index contributed by atoms with van der Waals surface area (Å²) in [4.78, 5) is 1.15. The fraction of sp³-hybridized carbons (Fsp3) is 0.455. The molecule has 0 bridgehead atoms. The predicted octanol–water partition coefficient (Wildman–Crippen LogP) is 3.54. The maximum atomic E-state index is 13.5. The van der Waals surface area contributed by atoms with E-state index in [1.807, 2.05) is 0 Å². The van der Waals surface area contributed by atoms with Gasteiger partial charge in [-0.05, 0) is 41.5 Å². The number of nitrogen functional groups attached to an aromatic ring is 1. The van der Waals surface area contributed by atoms with Crippen LogP contribution in [0.15, 0.2) is 12.1 Å². The van der Waals surface area contributed by atoms with Crippen LogP contribution in [-0.2, 0) is 0 Å². The Morgan fingerprint density at radius 3 is 2.44 bits per heavy atom. The summed E-state index contributed by atoms with van der Waals surface area (Å²) in [6.45, 7) is -1.10. The van der Waals surface area contributed by atoms with Gasteiger partial charge in [-0.25, -0.2) is 4.39 Å². The van der Waals surface area contributed by atoms with Crippen molar-refractivity contribution in [1.82, 2.24) is 0 Å². The van der Waals surface area contributed by atoms with E-state index < -0.39 is 18.5 Å². The van der Waals surface area contributed by atoms with Crippen molar-refractivity contribution in [1.29, 1.82) is 0 Å². The van der Waals surface area contributed by atoms with Gasteiger partial charge < -0.3 is 10.6 Å². The van der Waals surface area contributed by atoms with E-state index in [1.54, 1.807) is 22.6 Å². The lowest BCUT2D eigenvalue weighted by Gasteiger charge is -2.27. The Kier molecular flexibility index (Phi) is 3.61. The SMILES string of the molecule is Nc1cc(I)c(F)cc1N(CC(F)(F)F)C1CC1. The Morgan fingerprint density at radius 1 is 1.33 bits per heavy atom. The second kappa shape index (κ2) is 4.75. The molecule has 18 heavy (non-hydrogen) atoms.